The van der Waals surface area contributed by atoms with Crippen molar-refractivity contribution in [1.82, 2.24) is 0 Å². The fraction of sp³-hybridized carbons (Fsp3) is 0.0526. The van der Waals surface area contributed by atoms with Crippen LogP contribution in [0.3, 0.4) is 0 Å². The van der Waals surface area contributed by atoms with Crippen LogP contribution in [0.15, 0.2) is 59.3 Å². The lowest BCUT2D eigenvalue weighted by Gasteiger charge is -2.07. The van der Waals surface area contributed by atoms with Crippen molar-refractivity contribution in [3.05, 3.63) is 84.7 Å². The molecule has 27 heavy (non-hydrogen) atoms. The van der Waals surface area contributed by atoms with Crippen molar-refractivity contribution in [1.29, 1.82) is 0 Å². The SMILES string of the molecule is O=C(OCC(=O)c1ccc([N+](=O)[O-])cc1)/C(=C/c1cccs1)c1cccs1. The number of carbonyl (C=O) groups is 2. The van der Waals surface area contributed by atoms with Crippen molar-refractivity contribution in [2.45, 2.75) is 0 Å². The maximum Gasteiger partial charge on any atom is 0.340 e. The van der Waals surface area contributed by atoms with Crippen LogP contribution in [-0.4, -0.2) is 23.3 Å². The molecule has 0 saturated heterocycles. The van der Waals surface area contributed by atoms with E-state index in [1.165, 1.54) is 46.9 Å². The molecule has 0 fully saturated rings. The summed E-state index contributed by atoms with van der Waals surface area (Å²) in [5.74, 6) is -1.03. The zero-order chi connectivity index (χ0) is 19.2. The lowest BCUT2D eigenvalue weighted by molar-refractivity contribution is -0.384. The highest BCUT2D eigenvalue weighted by molar-refractivity contribution is 7.12. The Balaban J connectivity index is 1.71. The summed E-state index contributed by atoms with van der Waals surface area (Å²) < 4.78 is 5.19. The van der Waals surface area contributed by atoms with E-state index < -0.39 is 23.3 Å². The second kappa shape index (κ2) is 8.52. The quantitative estimate of drug-likeness (QED) is 0.189. The van der Waals surface area contributed by atoms with Crippen LogP contribution in [0.1, 0.15) is 20.1 Å². The normalized spacial score (nSPS) is 11.2. The molecule has 0 radical (unpaired) electrons. The van der Waals surface area contributed by atoms with Gasteiger partial charge in [0.1, 0.15) is 0 Å². The molecular formula is C19H13NO5S2. The third-order valence-corrected chi connectivity index (χ3v) is 5.29. The van der Waals surface area contributed by atoms with E-state index in [2.05, 4.69) is 0 Å². The first-order valence-electron chi connectivity index (χ1n) is 7.78. The first-order valence-corrected chi connectivity index (χ1v) is 9.54. The van der Waals surface area contributed by atoms with Crippen molar-refractivity contribution in [3.8, 4) is 0 Å². The molecule has 136 valence electrons. The fourth-order valence-electron chi connectivity index (χ4n) is 2.24. The number of nitro benzene ring substituents is 1. The largest absolute Gasteiger partial charge is 0.454 e. The molecule has 0 bridgehead atoms. The number of rotatable bonds is 7. The Hall–Kier alpha value is -3.10. The zero-order valence-electron chi connectivity index (χ0n) is 13.9. The van der Waals surface area contributed by atoms with Gasteiger partial charge in [0, 0.05) is 27.5 Å². The number of esters is 1. The molecule has 0 N–H and O–H groups in total. The van der Waals surface area contributed by atoms with E-state index in [0.29, 0.717) is 5.57 Å². The van der Waals surface area contributed by atoms with E-state index >= 15 is 0 Å². The first-order chi connectivity index (χ1) is 13.0. The highest BCUT2D eigenvalue weighted by Crippen LogP contribution is 2.26. The standard InChI is InChI=1S/C19H13NO5S2/c21-17(13-5-7-14(8-6-13)20(23)24)12-25-19(22)16(18-4-2-10-27-18)11-15-3-1-9-26-15/h1-11H,12H2/b16-11+. The molecule has 6 nitrogen and oxygen atoms in total. The fourth-order valence-corrected chi connectivity index (χ4v) is 3.63. The Labute approximate surface area is 162 Å². The number of ether oxygens (including phenoxy) is 1. The number of carbonyl (C=O) groups excluding carboxylic acids is 2. The Morgan fingerprint density at radius 3 is 2.33 bits per heavy atom. The van der Waals surface area contributed by atoms with Crippen LogP contribution in [0, 0.1) is 10.1 Å². The van der Waals surface area contributed by atoms with Crippen molar-refractivity contribution >= 4 is 51.8 Å². The molecule has 0 unspecified atom stereocenters. The third kappa shape index (κ3) is 4.75. The van der Waals surface area contributed by atoms with E-state index in [1.807, 2.05) is 35.0 Å². The topological polar surface area (TPSA) is 86.5 Å². The molecular weight excluding hydrogens is 386 g/mol. The monoisotopic (exact) mass is 399 g/mol. The van der Waals surface area contributed by atoms with Crippen LogP contribution in [0.2, 0.25) is 0 Å². The summed E-state index contributed by atoms with van der Waals surface area (Å²) >= 11 is 2.89. The Kier molecular flexibility index (Phi) is 5.90. The van der Waals surface area contributed by atoms with Crippen LogP contribution >= 0.6 is 22.7 Å². The summed E-state index contributed by atoms with van der Waals surface area (Å²) in [7, 11) is 0. The Bertz CT molecular complexity index is 974. The molecule has 0 atom stereocenters. The number of non-ortho nitro benzene ring substituents is 1. The highest BCUT2D eigenvalue weighted by atomic mass is 32.1. The molecule has 0 aliphatic carbocycles. The van der Waals surface area contributed by atoms with Gasteiger partial charge in [-0.2, -0.15) is 0 Å². The minimum Gasteiger partial charge on any atom is -0.454 e. The number of nitro groups is 1. The summed E-state index contributed by atoms with van der Waals surface area (Å²) in [5, 5.41) is 14.4. The van der Waals surface area contributed by atoms with Crippen molar-refractivity contribution in [2.24, 2.45) is 0 Å². The summed E-state index contributed by atoms with van der Waals surface area (Å²) in [5.41, 5.74) is 0.514. The predicted molar refractivity (Wildman–Crippen MR) is 105 cm³/mol. The minimum absolute atomic E-state index is 0.109. The van der Waals surface area contributed by atoms with Crippen molar-refractivity contribution < 1.29 is 19.2 Å². The first kappa shape index (κ1) is 18.7. The molecule has 2 aromatic heterocycles. The smallest absolute Gasteiger partial charge is 0.340 e. The summed E-state index contributed by atoms with van der Waals surface area (Å²) in [6.07, 6.45) is 1.73. The van der Waals surface area contributed by atoms with Gasteiger partial charge in [-0.25, -0.2) is 4.79 Å². The number of hydrogen-bond donors (Lipinski definition) is 0. The van der Waals surface area contributed by atoms with Gasteiger partial charge in [-0.1, -0.05) is 12.1 Å². The molecule has 0 amide bonds. The average molecular weight is 399 g/mol. The van der Waals surface area contributed by atoms with E-state index in [-0.39, 0.29) is 11.3 Å². The van der Waals surface area contributed by atoms with Gasteiger partial charge in [0.25, 0.3) is 5.69 Å². The lowest BCUT2D eigenvalue weighted by Crippen LogP contribution is -2.15. The highest BCUT2D eigenvalue weighted by Gasteiger charge is 2.18. The summed E-state index contributed by atoms with van der Waals surface area (Å²) in [6.45, 7) is -0.441. The maximum absolute atomic E-state index is 12.5. The molecule has 0 spiro atoms. The van der Waals surface area contributed by atoms with Gasteiger partial charge in [-0.05, 0) is 41.1 Å². The summed E-state index contributed by atoms with van der Waals surface area (Å²) in [4.78, 5) is 36.5. The molecule has 0 saturated carbocycles. The van der Waals surface area contributed by atoms with Gasteiger partial charge >= 0.3 is 5.97 Å². The third-order valence-electron chi connectivity index (χ3n) is 3.57. The molecule has 3 rings (SSSR count). The zero-order valence-corrected chi connectivity index (χ0v) is 15.5. The number of thiophene rings is 2. The van der Waals surface area contributed by atoms with Gasteiger partial charge in [-0.3, -0.25) is 14.9 Å². The van der Waals surface area contributed by atoms with Crippen LogP contribution in [0.5, 0.6) is 0 Å². The number of ketones is 1. The van der Waals surface area contributed by atoms with Crippen molar-refractivity contribution in [2.75, 3.05) is 6.61 Å². The minimum atomic E-state index is -0.596. The van der Waals surface area contributed by atoms with Crippen molar-refractivity contribution in [3.63, 3.8) is 0 Å². The lowest BCUT2D eigenvalue weighted by atomic mass is 10.1. The molecule has 2 heterocycles. The van der Waals surface area contributed by atoms with Gasteiger partial charge < -0.3 is 4.74 Å². The van der Waals surface area contributed by atoms with E-state index in [9.17, 15) is 19.7 Å². The van der Waals surface area contributed by atoms with Gasteiger partial charge in [0.2, 0.25) is 0 Å². The molecule has 0 aliphatic rings. The van der Waals surface area contributed by atoms with Crippen LogP contribution in [0.25, 0.3) is 11.6 Å². The number of hydrogen-bond acceptors (Lipinski definition) is 7. The van der Waals surface area contributed by atoms with E-state index in [0.717, 1.165) is 9.75 Å². The molecule has 0 aliphatic heterocycles. The number of Topliss-reactive ketones (excluding diaryl/α,β-unsaturated/α-hetero) is 1. The van der Waals surface area contributed by atoms with Crippen LogP contribution in [-0.2, 0) is 9.53 Å². The van der Waals surface area contributed by atoms with Gasteiger partial charge in [0.15, 0.2) is 12.4 Å². The predicted octanol–water partition coefficient (Wildman–Crippen LogP) is 4.68. The number of benzene rings is 1. The van der Waals surface area contributed by atoms with Gasteiger partial charge in [-0.15, -0.1) is 22.7 Å². The molecule has 8 heteroatoms. The molecule has 3 aromatic rings. The Morgan fingerprint density at radius 2 is 1.74 bits per heavy atom. The second-order valence-corrected chi connectivity index (χ2v) is 7.28. The Morgan fingerprint density at radius 1 is 1.04 bits per heavy atom. The summed E-state index contributed by atoms with van der Waals surface area (Å²) in [6, 6.07) is 12.6. The maximum atomic E-state index is 12.5. The van der Waals surface area contributed by atoms with E-state index in [1.54, 1.807) is 6.08 Å². The van der Waals surface area contributed by atoms with Crippen LogP contribution < -0.4 is 0 Å². The number of nitrogens with zero attached hydrogens (tertiary/aromatic N) is 1. The molecule has 1 aromatic carbocycles. The van der Waals surface area contributed by atoms with Gasteiger partial charge in [0.05, 0.1) is 10.5 Å². The average Bonchev–Trinajstić information content (AvgIpc) is 3.37. The second-order valence-electron chi connectivity index (χ2n) is 5.35. The van der Waals surface area contributed by atoms with E-state index in [4.69, 9.17) is 4.74 Å². The van der Waals surface area contributed by atoms with Crippen LogP contribution in [0.4, 0.5) is 5.69 Å².